The minimum Gasteiger partial charge on any atom is -0.352 e. The zero-order valence-electron chi connectivity index (χ0n) is 14.1. The first-order valence-electron chi connectivity index (χ1n) is 9.46. The van der Waals surface area contributed by atoms with E-state index in [9.17, 15) is 4.79 Å². The highest BCUT2D eigenvalue weighted by atomic mass is 16.2. The van der Waals surface area contributed by atoms with Crippen LogP contribution in [-0.4, -0.2) is 5.91 Å². The molecule has 0 aliphatic heterocycles. The van der Waals surface area contributed by atoms with Crippen LogP contribution in [0.3, 0.4) is 0 Å². The minimum absolute atomic E-state index is 0.0361. The topological polar surface area (TPSA) is 29.1 Å². The van der Waals surface area contributed by atoms with Gasteiger partial charge in [-0.25, -0.2) is 0 Å². The number of rotatable bonds is 3. The van der Waals surface area contributed by atoms with Crippen molar-refractivity contribution < 1.29 is 4.79 Å². The lowest BCUT2D eigenvalue weighted by molar-refractivity contribution is -0.146. The Balaban J connectivity index is 1.31. The molecule has 2 aromatic carbocycles. The van der Waals surface area contributed by atoms with E-state index in [4.69, 9.17) is 0 Å². The van der Waals surface area contributed by atoms with Gasteiger partial charge in [0.05, 0.1) is 0 Å². The van der Waals surface area contributed by atoms with Gasteiger partial charge in [0.15, 0.2) is 0 Å². The molecule has 2 aromatic rings. The van der Waals surface area contributed by atoms with Crippen molar-refractivity contribution in [2.45, 2.75) is 45.1 Å². The lowest BCUT2D eigenvalue weighted by Crippen LogP contribution is -2.53. The molecule has 2 heteroatoms. The molecule has 124 valence electrons. The van der Waals surface area contributed by atoms with E-state index in [1.807, 2.05) is 0 Å². The van der Waals surface area contributed by atoms with E-state index in [1.54, 1.807) is 0 Å². The highest BCUT2D eigenvalue weighted by molar-refractivity contribution is 5.84. The van der Waals surface area contributed by atoms with E-state index in [1.165, 1.54) is 35.6 Å². The fourth-order valence-corrected chi connectivity index (χ4v) is 6.11. The number of carbonyl (C=O) groups is 1. The summed E-state index contributed by atoms with van der Waals surface area (Å²) in [4.78, 5) is 13.0. The summed E-state index contributed by atoms with van der Waals surface area (Å²) < 4.78 is 0. The number of hydrogen-bond donors (Lipinski definition) is 1. The molecule has 1 N–H and O–H groups in total. The largest absolute Gasteiger partial charge is 0.352 e. The Morgan fingerprint density at radius 3 is 2.21 bits per heavy atom. The van der Waals surface area contributed by atoms with Crippen LogP contribution in [0.25, 0.3) is 10.8 Å². The Kier molecular flexibility index (Phi) is 3.23. The summed E-state index contributed by atoms with van der Waals surface area (Å²) in [7, 11) is 0. The van der Waals surface area contributed by atoms with Gasteiger partial charge in [0.25, 0.3) is 0 Å². The van der Waals surface area contributed by atoms with Crippen molar-refractivity contribution in [3.8, 4) is 0 Å². The molecule has 0 atom stereocenters. The lowest BCUT2D eigenvalue weighted by Gasteiger charge is -2.55. The number of amides is 1. The Bertz CT molecular complexity index is 758. The first-order valence-corrected chi connectivity index (χ1v) is 9.46. The van der Waals surface area contributed by atoms with Crippen molar-refractivity contribution in [1.82, 2.24) is 5.32 Å². The number of fused-ring (bicyclic) bond motifs is 1. The van der Waals surface area contributed by atoms with Gasteiger partial charge in [0.2, 0.25) is 5.91 Å². The number of benzene rings is 2. The van der Waals surface area contributed by atoms with Gasteiger partial charge in [-0.15, -0.1) is 0 Å². The lowest BCUT2D eigenvalue weighted by atomic mass is 9.49. The Hall–Kier alpha value is -1.83. The Morgan fingerprint density at radius 1 is 0.917 bits per heavy atom. The summed E-state index contributed by atoms with van der Waals surface area (Å²) in [6, 6.07) is 14.9. The van der Waals surface area contributed by atoms with E-state index in [0.717, 1.165) is 37.0 Å². The molecule has 4 aliphatic carbocycles. The van der Waals surface area contributed by atoms with Gasteiger partial charge in [-0.1, -0.05) is 36.4 Å². The van der Waals surface area contributed by atoms with Crippen LogP contribution >= 0.6 is 0 Å². The monoisotopic (exact) mass is 319 g/mol. The molecule has 4 aliphatic rings. The normalized spacial score (nSPS) is 33.8. The smallest absolute Gasteiger partial charge is 0.226 e. The highest BCUT2D eigenvalue weighted by Crippen LogP contribution is 2.60. The molecule has 0 unspecified atom stereocenters. The molecular weight excluding hydrogens is 294 g/mol. The van der Waals surface area contributed by atoms with E-state index in [0.29, 0.717) is 12.5 Å². The second-order valence-corrected chi connectivity index (χ2v) is 8.56. The summed E-state index contributed by atoms with van der Waals surface area (Å²) in [5.41, 5.74) is 1.16. The molecule has 0 spiro atoms. The average molecular weight is 319 g/mol. The predicted molar refractivity (Wildman–Crippen MR) is 96.4 cm³/mol. The van der Waals surface area contributed by atoms with E-state index in [2.05, 4.69) is 47.8 Å². The SMILES string of the molecule is O=C(NCc1ccc2ccccc2c1)C12CC3CC(CC(C3)C1)C2. The zero-order chi connectivity index (χ0) is 16.1. The quantitative estimate of drug-likeness (QED) is 0.875. The van der Waals surface area contributed by atoms with Crippen LogP contribution in [-0.2, 0) is 11.3 Å². The van der Waals surface area contributed by atoms with Gasteiger partial charge in [0, 0.05) is 12.0 Å². The fourth-order valence-electron chi connectivity index (χ4n) is 6.11. The standard InChI is InChI=1S/C22H25NO/c24-21(22-11-16-7-17(12-22)9-18(8-16)13-22)23-14-15-5-6-19-3-1-2-4-20(19)10-15/h1-6,10,16-18H,7-9,11-14H2,(H,23,24). The molecule has 2 nitrogen and oxygen atoms in total. The van der Waals surface area contributed by atoms with E-state index >= 15 is 0 Å². The van der Waals surface area contributed by atoms with E-state index < -0.39 is 0 Å². The molecule has 24 heavy (non-hydrogen) atoms. The van der Waals surface area contributed by atoms with Crippen LogP contribution in [0, 0.1) is 23.2 Å². The second-order valence-electron chi connectivity index (χ2n) is 8.56. The third kappa shape index (κ3) is 2.35. The molecule has 4 fully saturated rings. The van der Waals surface area contributed by atoms with Gasteiger partial charge in [-0.05, 0) is 78.7 Å². The molecule has 4 saturated carbocycles. The summed E-state index contributed by atoms with van der Waals surface area (Å²) in [5, 5.41) is 5.79. The van der Waals surface area contributed by atoms with Crippen LogP contribution in [0.2, 0.25) is 0 Å². The number of carbonyl (C=O) groups excluding carboxylic acids is 1. The van der Waals surface area contributed by atoms with Crippen LogP contribution < -0.4 is 5.32 Å². The highest BCUT2D eigenvalue weighted by Gasteiger charge is 2.54. The average Bonchev–Trinajstić information content (AvgIpc) is 2.58. The molecule has 0 radical (unpaired) electrons. The molecule has 6 rings (SSSR count). The molecule has 0 heterocycles. The first kappa shape index (κ1) is 14.5. The van der Waals surface area contributed by atoms with Crippen molar-refractivity contribution >= 4 is 16.7 Å². The summed E-state index contributed by atoms with van der Waals surface area (Å²) in [5.74, 6) is 2.79. The maximum absolute atomic E-state index is 13.0. The van der Waals surface area contributed by atoms with E-state index in [-0.39, 0.29) is 5.41 Å². The fraction of sp³-hybridized carbons (Fsp3) is 0.500. The van der Waals surface area contributed by atoms with Gasteiger partial charge >= 0.3 is 0 Å². The third-order valence-electron chi connectivity index (χ3n) is 6.79. The van der Waals surface area contributed by atoms with Crippen molar-refractivity contribution in [2.24, 2.45) is 23.2 Å². The van der Waals surface area contributed by atoms with Crippen molar-refractivity contribution in [1.29, 1.82) is 0 Å². The van der Waals surface area contributed by atoms with Crippen molar-refractivity contribution in [3.63, 3.8) is 0 Å². The summed E-state index contributed by atoms with van der Waals surface area (Å²) in [6.45, 7) is 0.658. The number of hydrogen-bond acceptors (Lipinski definition) is 1. The van der Waals surface area contributed by atoms with Gasteiger partial charge in [0.1, 0.15) is 0 Å². The van der Waals surface area contributed by atoms with Gasteiger partial charge in [-0.2, -0.15) is 0 Å². The molecular formula is C22H25NO. The molecule has 4 bridgehead atoms. The maximum Gasteiger partial charge on any atom is 0.226 e. The van der Waals surface area contributed by atoms with Crippen LogP contribution in [0.4, 0.5) is 0 Å². The summed E-state index contributed by atoms with van der Waals surface area (Å²) in [6.07, 6.45) is 7.58. The molecule has 0 aromatic heterocycles. The maximum atomic E-state index is 13.0. The first-order chi connectivity index (χ1) is 11.7. The summed E-state index contributed by atoms with van der Waals surface area (Å²) >= 11 is 0. The predicted octanol–water partition coefficient (Wildman–Crippen LogP) is 4.67. The number of nitrogens with one attached hydrogen (secondary N) is 1. The second kappa shape index (κ2) is 5.34. The third-order valence-corrected chi connectivity index (χ3v) is 6.79. The minimum atomic E-state index is -0.0361. The van der Waals surface area contributed by atoms with Crippen LogP contribution in [0.1, 0.15) is 44.1 Å². The van der Waals surface area contributed by atoms with Gasteiger partial charge in [-0.3, -0.25) is 4.79 Å². The molecule has 0 saturated heterocycles. The van der Waals surface area contributed by atoms with Crippen LogP contribution in [0.15, 0.2) is 42.5 Å². The zero-order valence-corrected chi connectivity index (χ0v) is 14.1. The molecule has 1 amide bonds. The van der Waals surface area contributed by atoms with Gasteiger partial charge < -0.3 is 5.32 Å². The Morgan fingerprint density at radius 2 is 1.54 bits per heavy atom. The van der Waals surface area contributed by atoms with Crippen LogP contribution in [0.5, 0.6) is 0 Å². The Labute approximate surface area is 143 Å². The van der Waals surface area contributed by atoms with Crippen molar-refractivity contribution in [3.05, 3.63) is 48.0 Å². The van der Waals surface area contributed by atoms with Crippen molar-refractivity contribution in [2.75, 3.05) is 0 Å².